The van der Waals surface area contributed by atoms with Crippen LogP contribution in [0.5, 0.6) is 0 Å². The molecule has 7 heteroatoms. The van der Waals surface area contributed by atoms with Crippen molar-refractivity contribution in [2.75, 3.05) is 0 Å². The summed E-state index contributed by atoms with van der Waals surface area (Å²) in [4.78, 5) is 0. The number of aromatic nitrogens is 2. The molecule has 0 spiro atoms. The van der Waals surface area contributed by atoms with Crippen LogP contribution in [0.4, 0.5) is 13.2 Å². The highest BCUT2D eigenvalue weighted by atomic mass is 19.4. The van der Waals surface area contributed by atoms with Crippen molar-refractivity contribution < 1.29 is 17.6 Å². The zero-order chi connectivity index (χ0) is 15.7. The molecule has 3 rings (SSSR count). The van der Waals surface area contributed by atoms with Gasteiger partial charge >= 0.3 is 6.18 Å². The van der Waals surface area contributed by atoms with Crippen molar-refractivity contribution >= 4 is 11.0 Å². The minimum atomic E-state index is -4.40. The van der Waals surface area contributed by atoms with Gasteiger partial charge in [0.1, 0.15) is 11.3 Å². The van der Waals surface area contributed by atoms with Crippen LogP contribution < -0.4 is 5.32 Å². The van der Waals surface area contributed by atoms with Gasteiger partial charge in [-0.3, -0.25) is 4.68 Å². The van der Waals surface area contributed by atoms with Crippen LogP contribution in [0.15, 0.2) is 40.9 Å². The van der Waals surface area contributed by atoms with Crippen molar-refractivity contribution in [3.63, 3.8) is 0 Å². The molecule has 0 saturated carbocycles. The number of aryl methyl sites for hydroxylation is 1. The lowest BCUT2D eigenvalue weighted by atomic mass is 10.2. The van der Waals surface area contributed by atoms with E-state index in [2.05, 4.69) is 10.4 Å². The Balaban J connectivity index is 1.70. The Bertz CT molecular complexity index is 756. The molecule has 2 aromatic heterocycles. The molecule has 0 aliphatic rings. The number of nitrogens with zero attached hydrogens (tertiary/aromatic N) is 2. The maximum absolute atomic E-state index is 12.9. The van der Waals surface area contributed by atoms with Gasteiger partial charge in [0.15, 0.2) is 0 Å². The fourth-order valence-corrected chi connectivity index (χ4v) is 2.34. The second-order valence-electron chi connectivity index (χ2n) is 4.98. The number of furan rings is 1. The zero-order valence-electron chi connectivity index (χ0n) is 11.8. The highest BCUT2D eigenvalue weighted by Crippen LogP contribution is 2.31. The van der Waals surface area contributed by atoms with Gasteiger partial charge in [0, 0.05) is 19.0 Å². The van der Waals surface area contributed by atoms with Gasteiger partial charge in [-0.25, -0.2) is 0 Å². The number of hydrogen-bond donors (Lipinski definition) is 1. The predicted molar refractivity (Wildman–Crippen MR) is 75.0 cm³/mol. The van der Waals surface area contributed by atoms with Crippen LogP contribution in [0.25, 0.3) is 11.0 Å². The maximum atomic E-state index is 12.9. The van der Waals surface area contributed by atoms with E-state index in [1.165, 1.54) is 11.7 Å². The van der Waals surface area contributed by atoms with Crippen molar-refractivity contribution in [1.29, 1.82) is 0 Å². The quantitative estimate of drug-likeness (QED) is 0.802. The van der Waals surface area contributed by atoms with E-state index >= 15 is 0 Å². The molecule has 116 valence electrons. The SMILES string of the molecule is Cn1ncc(C(F)(F)F)c1CNCc1cc2ccccc2o1. The molecule has 4 nitrogen and oxygen atoms in total. The lowest BCUT2D eigenvalue weighted by molar-refractivity contribution is -0.138. The molecule has 0 atom stereocenters. The lowest BCUT2D eigenvalue weighted by Gasteiger charge is -2.09. The summed E-state index contributed by atoms with van der Waals surface area (Å²) >= 11 is 0. The summed E-state index contributed by atoms with van der Waals surface area (Å²) in [6.07, 6.45) is -3.55. The van der Waals surface area contributed by atoms with Gasteiger partial charge in [-0.15, -0.1) is 0 Å². The molecule has 1 aromatic carbocycles. The summed E-state index contributed by atoms with van der Waals surface area (Å²) in [6, 6.07) is 9.41. The van der Waals surface area contributed by atoms with Gasteiger partial charge in [0.2, 0.25) is 0 Å². The van der Waals surface area contributed by atoms with Crippen LogP contribution in [-0.4, -0.2) is 9.78 Å². The van der Waals surface area contributed by atoms with Crippen LogP contribution in [0.3, 0.4) is 0 Å². The highest BCUT2D eigenvalue weighted by Gasteiger charge is 2.35. The monoisotopic (exact) mass is 309 g/mol. The Kier molecular flexibility index (Phi) is 3.66. The number of nitrogens with one attached hydrogen (secondary N) is 1. The van der Waals surface area contributed by atoms with E-state index in [9.17, 15) is 13.2 Å². The molecular weight excluding hydrogens is 295 g/mol. The molecule has 1 N–H and O–H groups in total. The Hall–Kier alpha value is -2.28. The average Bonchev–Trinajstić information content (AvgIpc) is 3.02. The molecule has 0 bridgehead atoms. The number of benzene rings is 1. The lowest BCUT2D eigenvalue weighted by Crippen LogP contribution is -2.18. The Morgan fingerprint density at radius 3 is 2.73 bits per heavy atom. The molecule has 0 aliphatic carbocycles. The van der Waals surface area contributed by atoms with Crippen molar-refractivity contribution in [2.24, 2.45) is 7.05 Å². The first kappa shape index (κ1) is 14.6. The Morgan fingerprint density at radius 2 is 2.00 bits per heavy atom. The summed E-state index contributed by atoms with van der Waals surface area (Å²) in [5.41, 5.74) is 0.145. The summed E-state index contributed by atoms with van der Waals surface area (Å²) in [5.74, 6) is 0.678. The molecule has 0 radical (unpaired) electrons. The molecule has 0 aliphatic heterocycles. The molecule has 0 unspecified atom stereocenters. The fraction of sp³-hybridized carbons (Fsp3) is 0.267. The van der Waals surface area contributed by atoms with E-state index in [1.807, 2.05) is 30.3 Å². The first-order chi connectivity index (χ1) is 10.4. The number of rotatable bonds is 4. The van der Waals surface area contributed by atoms with Crippen molar-refractivity contribution in [2.45, 2.75) is 19.3 Å². The van der Waals surface area contributed by atoms with Gasteiger partial charge < -0.3 is 9.73 Å². The summed E-state index contributed by atoms with van der Waals surface area (Å²) < 4.78 is 45.4. The standard InChI is InChI=1S/C15H14F3N3O/c1-21-13(12(8-20-21)15(16,17)18)9-19-7-11-6-10-4-2-3-5-14(10)22-11/h2-6,8,19H,7,9H2,1H3. The summed E-state index contributed by atoms with van der Waals surface area (Å²) in [6.45, 7) is 0.402. The van der Waals surface area contributed by atoms with E-state index in [-0.39, 0.29) is 12.2 Å². The third-order valence-electron chi connectivity index (χ3n) is 3.44. The third-order valence-corrected chi connectivity index (χ3v) is 3.44. The van der Waals surface area contributed by atoms with E-state index in [0.717, 1.165) is 17.2 Å². The van der Waals surface area contributed by atoms with E-state index in [1.54, 1.807) is 0 Å². The fourth-order valence-electron chi connectivity index (χ4n) is 2.34. The van der Waals surface area contributed by atoms with Gasteiger partial charge in [-0.2, -0.15) is 18.3 Å². The summed E-state index contributed by atoms with van der Waals surface area (Å²) in [5, 5.41) is 7.61. The van der Waals surface area contributed by atoms with E-state index in [0.29, 0.717) is 12.3 Å². The second-order valence-corrected chi connectivity index (χ2v) is 4.98. The van der Waals surface area contributed by atoms with Crippen molar-refractivity contribution in [3.8, 4) is 0 Å². The maximum Gasteiger partial charge on any atom is 0.419 e. The predicted octanol–water partition coefficient (Wildman–Crippen LogP) is 3.47. The molecule has 2 heterocycles. The Labute approximate surface area is 124 Å². The molecule has 0 amide bonds. The molecular formula is C15H14F3N3O. The molecule has 0 saturated heterocycles. The van der Waals surface area contributed by atoms with Crippen LogP contribution in [0.2, 0.25) is 0 Å². The van der Waals surface area contributed by atoms with E-state index < -0.39 is 11.7 Å². The van der Waals surface area contributed by atoms with Gasteiger partial charge in [-0.1, -0.05) is 18.2 Å². The number of para-hydroxylation sites is 1. The van der Waals surface area contributed by atoms with E-state index in [4.69, 9.17) is 4.42 Å². The normalized spacial score (nSPS) is 12.2. The molecule has 3 aromatic rings. The van der Waals surface area contributed by atoms with Crippen molar-refractivity contribution in [3.05, 3.63) is 53.5 Å². The number of fused-ring (bicyclic) bond motifs is 1. The smallest absolute Gasteiger partial charge is 0.419 e. The highest BCUT2D eigenvalue weighted by molar-refractivity contribution is 5.77. The first-order valence-electron chi connectivity index (χ1n) is 6.71. The van der Waals surface area contributed by atoms with Gasteiger partial charge in [0.25, 0.3) is 0 Å². The minimum absolute atomic E-state index is 0.0579. The number of alkyl halides is 3. The zero-order valence-corrected chi connectivity index (χ0v) is 11.8. The van der Waals surface area contributed by atoms with Crippen molar-refractivity contribution in [1.82, 2.24) is 15.1 Å². The van der Waals surface area contributed by atoms with Gasteiger partial charge in [-0.05, 0) is 12.1 Å². The number of halogens is 3. The van der Waals surface area contributed by atoms with Gasteiger partial charge in [0.05, 0.1) is 24.0 Å². The molecule has 0 fully saturated rings. The van der Waals surface area contributed by atoms with Crippen LogP contribution in [-0.2, 0) is 26.3 Å². The van der Waals surface area contributed by atoms with Crippen LogP contribution >= 0.6 is 0 Å². The minimum Gasteiger partial charge on any atom is -0.460 e. The third kappa shape index (κ3) is 2.85. The topological polar surface area (TPSA) is 43.0 Å². The summed E-state index contributed by atoms with van der Waals surface area (Å²) in [7, 11) is 1.49. The van der Waals surface area contributed by atoms with Crippen LogP contribution in [0.1, 0.15) is 17.0 Å². The first-order valence-corrected chi connectivity index (χ1v) is 6.71. The molecule has 22 heavy (non-hydrogen) atoms. The average molecular weight is 309 g/mol. The number of hydrogen-bond acceptors (Lipinski definition) is 3. The largest absolute Gasteiger partial charge is 0.460 e. The Morgan fingerprint density at radius 1 is 1.23 bits per heavy atom. The second kappa shape index (κ2) is 5.49. The van der Waals surface area contributed by atoms with Crippen LogP contribution in [0, 0.1) is 0 Å².